The van der Waals surface area contributed by atoms with Crippen LogP contribution in [0.3, 0.4) is 0 Å². The molecule has 0 bridgehead atoms. The van der Waals surface area contributed by atoms with Crippen LogP contribution in [0.15, 0.2) is 30.3 Å². The van der Waals surface area contributed by atoms with Crippen LogP contribution in [0.4, 0.5) is 0 Å². The van der Waals surface area contributed by atoms with Gasteiger partial charge in [0.05, 0.1) is 6.61 Å². The van der Waals surface area contributed by atoms with Crippen LogP contribution in [0.25, 0.3) is 0 Å². The average Bonchev–Trinajstić information content (AvgIpc) is 2.93. The Labute approximate surface area is 124 Å². The lowest BCUT2D eigenvalue weighted by Gasteiger charge is -2.03. The van der Waals surface area contributed by atoms with Gasteiger partial charge in [-0.1, -0.05) is 25.1 Å². The average molecular weight is 291 g/mol. The van der Waals surface area contributed by atoms with E-state index in [1.54, 1.807) is 11.3 Å². The Hall–Kier alpha value is -1.46. The lowest BCUT2D eigenvalue weighted by molar-refractivity contribution is 0.321. The number of hydrogen-bond acceptors (Lipinski definition) is 5. The molecule has 108 valence electrons. The first-order valence-corrected chi connectivity index (χ1v) is 7.90. The second kappa shape index (κ2) is 8.66. The van der Waals surface area contributed by atoms with E-state index in [0.29, 0.717) is 6.61 Å². The van der Waals surface area contributed by atoms with Crippen molar-refractivity contribution in [3.8, 4) is 5.75 Å². The second-order valence-electron chi connectivity index (χ2n) is 4.46. The van der Waals surface area contributed by atoms with E-state index in [1.807, 2.05) is 30.3 Å². The summed E-state index contributed by atoms with van der Waals surface area (Å²) in [7, 11) is 0. The predicted molar refractivity (Wildman–Crippen MR) is 82.4 cm³/mol. The molecule has 0 aliphatic rings. The number of benzene rings is 1. The molecule has 1 aromatic heterocycles. The molecule has 0 atom stereocenters. The zero-order chi connectivity index (χ0) is 14.0. The van der Waals surface area contributed by atoms with Gasteiger partial charge in [0, 0.05) is 12.8 Å². The van der Waals surface area contributed by atoms with Crippen molar-refractivity contribution in [3.63, 3.8) is 0 Å². The summed E-state index contributed by atoms with van der Waals surface area (Å²) in [5.41, 5.74) is 0. The minimum atomic E-state index is 0.649. The summed E-state index contributed by atoms with van der Waals surface area (Å²) in [6, 6.07) is 9.86. The van der Waals surface area contributed by atoms with Crippen LogP contribution in [0.1, 0.15) is 23.4 Å². The molecular weight excluding hydrogens is 270 g/mol. The van der Waals surface area contributed by atoms with Crippen molar-refractivity contribution >= 4 is 11.3 Å². The number of para-hydroxylation sites is 1. The lowest BCUT2D eigenvalue weighted by atomic mass is 10.3. The lowest BCUT2D eigenvalue weighted by Crippen LogP contribution is -2.14. The van der Waals surface area contributed by atoms with Crippen LogP contribution in [-0.4, -0.2) is 29.9 Å². The molecule has 4 nitrogen and oxygen atoms in total. The van der Waals surface area contributed by atoms with Gasteiger partial charge in [0.2, 0.25) is 0 Å². The Bertz CT molecular complexity index is 487. The molecular formula is C15H21N3OS. The first-order valence-electron chi connectivity index (χ1n) is 7.08. The highest BCUT2D eigenvalue weighted by Crippen LogP contribution is 2.13. The highest BCUT2D eigenvalue weighted by Gasteiger charge is 2.04. The van der Waals surface area contributed by atoms with Gasteiger partial charge in [-0.05, 0) is 31.6 Å². The molecule has 5 heteroatoms. The standard InChI is InChI=1S/C15H21N3OS/c1-2-16-11-6-9-14-17-18-15(20-14)10-12-19-13-7-4-3-5-8-13/h3-5,7-8,16H,2,6,9-12H2,1H3. The van der Waals surface area contributed by atoms with Crippen molar-refractivity contribution in [1.29, 1.82) is 0 Å². The Morgan fingerprint density at radius 1 is 1.10 bits per heavy atom. The van der Waals surface area contributed by atoms with Gasteiger partial charge in [-0.15, -0.1) is 21.5 Å². The maximum Gasteiger partial charge on any atom is 0.120 e. The second-order valence-corrected chi connectivity index (χ2v) is 5.60. The summed E-state index contributed by atoms with van der Waals surface area (Å²) in [5.74, 6) is 0.905. The number of rotatable bonds is 9. The van der Waals surface area contributed by atoms with Crippen LogP contribution in [0, 0.1) is 0 Å². The first kappa shape index (κ1) is 14.9. The van der Waals surface area contributed by atoms with E-state index in [1.165, 1.54) is 0 Å². The largest absolute Gasteiger partial charge is 0.493 e. The quantitative estimate of drug-likeness (QED) is 0.722. The minimum absolute atomic E-state index is 0.649. The Kier molecular flexibility index (Phi) is 6.47. The van der Waals surface area contributed by atoms with Gasteiger partial charge in [-0.2, -0.15) is 0 Å². The van der Waals surface area contributed by atoms with E-state index in [9.17, 15) is 0 Å². The van der Waals surface area contributed by atoms with Crippen molar-refractivity contribution in [2.45, 2.75) is 26.2 Å². The molecule has 0 aliphatic heterocycles. The van der Waals surface area contributed by atoms with Crippen molar-refractivity contribution in [2.75, 3.05) is 19.7 Å². The fourth-order valence-electron chi connectivity index (χ4n) is 1.80. The van der Waals surface area contributed by atoms with Gasteiger partial charge >= 0.3 is 0 Å². The van der Waals surface area contributed by atoms with Gasteiger partial charge < -0.3 is 10.1 Å². The van der Waals surface area contributed by atoms with Gasteiger partial charge in [0.15, 0.2) is 0 Å². The van der Waals surface area contributed by atoms with E-state index in [2.05, 4.69) is 22.4 Å². The highest BCUT2D eigenvalue weighted by molar-refractivity contribution is 7.11. The van der Waals surface area contributed by atoms with Crippen molar-refractivity contribution in [2.24, 2.45) is 0 Å². The van der Waals surface area contributed by atoms with Gasteiger partial charge in [-0.3, -0.25) is 0 Å². The summed E-state index contributed by atoms with van der Waals surface area (Å²) in [5, 5.41) is 13.9. The van der Waals surface area contributed by atoms with Crippen molar-refractivity contribution in [1.82, 2.24) is 15.5 Å². The molecule has 1 N–H and O–H groups in total. The summed E-state index contributed by atoms with van der Waals surface area (Å²) in [4.78, 5) is 0. The Balaban J connectivity index is 1.67. The summed E-state index contributed by atoms with van der Waals surface area (Å²) < 4.78 is 5.66. The van der Waals surface area contributed by atoms with Crippen molar-refractivity contribution in [3.05, 3.63) is 40.3 Å². The molecule has 2 aromatic rings. The SMILES string of the molecule is CCNCCCc1nnc(CCOc2ccccc2)s1. The molecule has 0 fully saturated rings. The van der Waals surface area contributed by atoms with E-state index in [0.717, 1.165) is 48.1 Å². The monoisotopic (exact) mass is 291 g/mol. The number of aryl methyl sites for hydroxylation is 1. The van der Waals surface area contributed by atoms with Crippen LogP contribution in [0.5, 0.6) is 5.75 Å². The smallest absolute Gasteiger partial charge is 0.120 e. The third-order valence-electron chi connectivity index (χ3n) is 2.83. The van der Waals surface area contributed by atoms with Crippen LogP contribution >= 0.6 is 11.3 Å². The zero-order valence-corrected chi connectivity index (χ0v) is 12.7. The van der Waals surface area contributed by atoms with E-state index >= 15 is 0 Å². The maximum absolute atomic E-state index is 5.66. The Morgan fingerprint density at radius 3 is 2.60 bits per heavy atom. The summed E-state index contributed by atoms with van der Waals surface area (Å²) >= 11 is 1.70. The molecule has 0 radical (unpaired) electrons. The molecule has 0 saturated heterocycles. The fourth-order valence-corrected chi connectivity index (χ4v) is 2.67. The number of nitrogens with zero attached hydrogens (tertiary/aromatic N) is 2. The predicted octanol–water partition coefficient (Wildman–Crippen LogP) is 2.70. The fraction of sp³-hybridized carbons (Fsp3) is 0.467. The molecule has 1 heterocycles. The molecule has 0 saturated carbocycles. The van der Waals surface area contributed by atoms with Crippen LogP contribution in [0.2, 0.25) is 0 Å². The number of ether oxygens (including phenoxy) is 1. The van der Waals surface area contributed by atoms with Crippen LogP contribution in [-0.2, 0) is 12.8 Å². The number of nitrogens with one attached hydrogen (secondary N) is 1. The van der Waals surface area contributed by atoms with Crippen molar-refractivity contribution < 1.29 is 4.74 Å². The third kappa shape index (κ3) is 5.27. The highest BCUT2D eigenvalue weighted by atomic mass is 32.1. The normalized spacial score (nSPS) is 10.7. The van der Waals surface area contributed by atoms with E-state index in [4.69, 9.17) is 4.74 Å². The maximum atomic E-state index is 5.66. The molecule has 0 amide bonds. The molecule has 1 aromatic carbocycles. The molecule has 0 spiro atoms. The number of aromatic nitrogens is 2. The molecule has 0 aliphatic carbocycles. The topological polar surface area (TPSA) is 47.0 Å². The van der Waals surface area contributed by atoms with Gasteiger partial charge in [-0.25, -0.2) is 0 Å². The minimum Gasteiger partial charge on any atom is -0.493 e. The molecule has 0 unspecified atom stereocenters. The van der Waals surface area contributed by atoms with E-state index in [-0.39, 0.29) is 0 Å². The third-order valence-corrected chi connectivity index (χ3v) is 3.87. The number of hydrogen-bond donors (Lipinski definition) is 1. The van der Waals surface area contributed by atoms with Gasteiger partial charge in [0.1, 0.15) is 15.8 Å². The summed E-state index contributed by atoms with van der Waals surface area (Å²) in [6.07, 6.45) is 2.94. The van der Waals surface area contributed by atoms with Crippen LogP contribution < -0.4 is 10.1 Å². The van der Waals surface area contributed by atoms with E-state index < -0.39 is 0 Å². The summed E-state index contributed by atoms with van der Waals surface area (Å²) in [6.45, 7) is 4.84. The Morgan fingerprint density at radius 2 is 1.85 bits per heavy atom. The molecule has 2 rings (SSSR count). The zero-order valence-electron chi connectivity index (χ0n) is 11.8. The molecule has 20 heavy (non-hydrogen) atoms. The van der Waals surface area contributed by atoms with Gasteiger partial charge in [0.25, 0.3) is 0 Å². The first-order chi connectivity index (χ1) is 9.88.